The molecule has 0 fully saturated rings. The number of benzene rings is 3. The quantitative estimate of drug-likeness (QED) is 0.418. The molecule has 0 aliphatic rings. The van der Waals surface area contributed by atoms with Gasteiger partial charge in [0.2, 0.25) is 0 Å². The van der Waals surface area contributed by atoms with E-state index in [1.54, 1.807) is 14.2 Å². The molecule has 0 amide bonds. The Morgan fingerprint density at radius 2 is 1.00 bits per heavy atom. The highest BCUT2D eigenvalue weighted by molar-refractivity contribution is 6.75. The fourth-order valence-corrected chi connectivity index (χ4v) is 4.46. The van der Waals surface area contributed by atoms with Crippen molar-refractivity contribution >= 4 is 14.0 Å². The third-order valence-electron chi connectivity index (χ3n) is 3.87. The van der Waals surface area contributed by atoms with Crippen LogP contribution in [0.5, 0.6) is 11.5 Å². The molecule has 0 unspecified atom stereocenters. The summed E-state index contributed by atoms with van der Waals surface area (Å²) in [5, 5.41) is 0.813. The van der Waals surface area contributed by atoms with E-state index in [1.807, 2.05) is 91.0 Å². The van der Waals surface area contributed by atoms with Crippen LogP contribution in [0, 0.1) is 0 Å². The molecule has 0 heterocycles. The van der Waals surface area contributed by atoms with Gasteiger partial charge in [-0.15, -0.1) is 0 Å². The second-order valence-electron chi connectivity index (χ2n) is 5.60. The predicted molar refractivity (Wildman–Crippen MR) is 105 cm³/mol. The molecule has 0 aliphatic carbocycles. The van der Waals surface area contributed by atoms with Crippen molar-refractivity contribution in [1.29, 1.82) is 0 Å². The molecule has 3 aromatic carbocycles. The molecule has 0 saturated heterocycles. The van der Waals surface area contributed by atoms with Crippen molar-refractivity contribution in [1.82, 2.24) is 0 Å². The number of para-hydroxylation sites is 2. The van der Waals surface area contributed by atoms with Gasteiger partial charge in [-0.05, 0) is 24.3 Å². The third kappa shape index (κ3) is 4.96. The van der Waals surface area contributed by atoms with Gasteiger partial charge < -0.3 is 18.3 Å². The first-order valence-electron chi connectivity index (χ1n) is 8.53. The lowest BCUT2D eigenvalue weighted by atomic mass is 10.3. The Bertz CT molecular complexity index is 753. The molecule has 0 bridgehead atoms. The first kappa shape index (κ1) is 19.1. The molecule has 0 radical (unpaired) electrons. The van der Waals surface area contributed by atoms with Crippen molar-refractivity contribution in [3.8, 4) is 11.5 Å². The molecule has 3 rings (SSSR count). The molecular formula is C21H22O5Si. The third-order valence-corrected chi connectivity index (χ3v) is 6.49. The van der Waals surface area contributed by atoms with Gasteiger partial charge in [0.1, 0.15) is 11.5 Å². The molecule has 0 N–H and O–H groups in total. The van der Waals surface area contributed by atoms with Crippen molar-refractivity contribution in [3.05, 3.63) is 91.0 Å². The minimum atomic E-state index is -3.24. The Labute approximate surface area is 160 Å². The highest BCUT2D eigenvalue weighted by atomic mass is 28.4. The zero-order valence-corrected chi connectivity index (χ0v) is 16.3. The van der Waals surface area contributed by atoms with Gasteiger partial charge in [-0.25, -0.2) is 0 Å². The minimum absolute atomic E-state index is 0.613. The van der Waals surface area contributed by atoms with Crippen LogP contribution in [0.2, 0.25) is 0 Å². The van der Waals surface area contributed by atoms with Crippen molar-refractivity contribution in [2.75, 3.05) is 14.2 Å². The molecule has 0 aromatic heterocycles. The first-order chi connectivity index (χ1) is 13.3. The van der Waals surface area contributed by atoms with Gasteiger partial charge in [-0.3, -0.25) is 4.43 Å². The minimum Gasteiger partial charge on any atom is -0.433 e. The van der Waals surface area contributed by atoms with E-state index in [9.17, 15) is 0 Å². The molecule has 5 nitrogen and oxygen atoms in total. The Morgan fingerprint density at radius 3 is 1.41 bits per heavy atom. The highest BCUT2D eigenvalue weighted by Gasteiger charge is 2.45. The Hall–Kier alpha value is -2.64. The maximum absolute atomic E-state index is 6.18. The standard InChI is InChI=1S/C21H22O5Si/c1-22-27(23-2,20-16-10-5-11-17-20)26-21(24-18-12-6-3-7-13-18)25-19-14-8-4-9-15-19/h3-17,21H,1-2H3. The van der Waals surface area contributed by atoms with Crippen LogP contribution in [0.4, 0.5) is 0 Å². The second-order valence-corrected chi connectivity index (χ2v) is 8.34. The van der Waals surface area contributed by atoms with Crippen LogP contribution >= 0.6 is 0 Å². The average Bonchev–Trinajstić information content (AvgIpc) is 2.74. The van der Waals surface area contributed by atoms with Crippen LogP contribution in [0.15, 0.2) is 91.0 Å². The van der Waals surface area contributed by atoms with Gasteiger partial charge >= 0.3 is 15.3 Å². The summed E-state index contributed by atoms with van der Waals surface area (Å²) in [6.45, 7) is -1.05. The topological polar surface area (TPSA) is 46.2 Å². The van der Waals surface area contributed by atoms with E-state index in [2.05, 4.69) is 0 Å². The predicted octanol–water partition coefficient (Wildman–Crippen LogP) is 3.58. The van der Waals surface area contributed by atoms with Crippen molar-refractivity contribution in [3.63, 3.8) is 0 Å². The van der Waals surface area contributed by atoms with Crippen LogP contribution in [0.25, 0.3) is 0 Å². The van der Waals surface area contributed by atoms with Gasteiger partial charge in [0, 0.05) is 19.4 Å². The van der Waals surface area contributed by atoms with Gasteiger partial charge in [-0.1, -0.05) is 66.7 Å². The Kier molecular flexibility index (Phi) is 6.62. The smallest absolute Gasteiger partial charge is 0.433 e. The van der Waals surface area contributed by atoms with E-state index in [1.165, 1.54) is 0 Å². The lowest BCUT2D eigenvalue weighted by molar-refractivity contribution is -0.167. The van der Waals surface area contributed by atoms with Gasteiger partial charge in [0.25, 0.3) is 0 Å². The summed E-state index contributed by atoms with van der Waals surface area (Å²) in [5.41, 5.74) is 0. The Morgan fingerprint density at radius 1 is 0.593 bits per heavy atom. The fraction of sp³-hybridized carbons (Fsp3) is 0.143. The molecule has 3 aromatic rings. The second kappa shape index (κ2) is 9.34. The normalized spacial score (nSPS) is 11.4. The van der Waals surface area contributed by atoms with Gasteiger partial charge in [-0.2, -0.15) is 0 Å². The maximum atomic E-state index is 6.18. The molecule has 0 saturated carbocycles. The summed E-state index contributed by atoms with van der Waals surface area (Å²) < 4.78 is 29.5. The SMILES string of the molecule is CO[Si](OC)(OC(Oc1ccccc1)Oc1ccccc1)c1ccccc1. The van der Waals surface area contributed by atoms with Crippen LogP contribution in [0.1, 0.15) is 0 Å². The zero-order valence-electron chi connectivity index (χ0n) is 15.3. The van der Waals surface area contributed by atoms with Crippen molar-refractivity contribution < 1.29 is 22.8 Å². The molecular weight excluding hydrogens is 360 g/mol. The molecule has 140 valence electrons. The van der Waals surface area contributed by atoms with E-state index in [-0.39, 0.29) is 0 Å². The maximum Gasteiger partial charge on any atom is 0.542 e. The number of hydrogen-bond donors (Lipinski definition) is 0. The fourth-order valence-electron chi connectivity index (χ4n) is 2.54. The van der Waals surface area contributed by atoms with E-state index < -0.39 is 15.3 Å². The molecule has 0 aliphatic heterocycles. The van der Waals surface area contributed by atoms with Gasteiger partial charge in [0.15, 0.2) is 0 Å². The summed E-state index contributed by atoms with van der Waals surface area (Å²) in [6, 6.07) is 28.2. The Balaban J connectivity index is 1.88. The molecule has 27 heavy (non-hydrogen) atoms. The summed E-state index contributed by atoms with van der Waals surface area (Å²) >= 11 is 0. The monoisotopic (exact) mass is 382 g/mol. The van der Waals surface area contributed by atoms with E-state index in [0.29, 0.717) is 11.5 Å². The van der Waals surface area contributed by atoms with E-state index in [0.717, 1.165) is 5.19 Å². The first-order valence-corrected chi connectivity index (χ1v) is 10.3. The number of ether oxygens (including phenoxy) is 2. The van der Waals surface area contributed by atoms with Crippen molar-refractivity contribution in [2.45, 2.75) is 6.48 Å². The molecule has 6 heteroatoms. The van der Waals surface area contributed by atoms with E-state index in [4.69, 9.17) is 22.8 Å². The largest absolute Gasteiger partial charge is 0.542 e. The summed E-state index contributed by atoms with van der Waals surface area (Å²) in [6.07, 6.45) is 0. The van der Waals surface area contributed by atoms with Crippen LogP contribution in [-0.2, 0) is 13.3 Å². The van der Waals surface area contributed by atoms with E-state index >= 15 is 0 Å². The lowest BCUT2D eigenvalue weighted by Gasteiger charge is -2.31. The summed E-state index contributed by atoms with van der Waals surface area (Å²) in [5.74, 6) is 1.23. The lowest BCUT2D eigenvalue weighted by Crippen LogP contribution is -2.58. The number of rotatable bonds is 9. The average molecular weight is 382 g/mol. The van der Waals surface area contributed by atoms with Crippen LogP contribution in [0.3, 0.4) is 0 Å². The zero-order chi connectivity index (χ0) is 19.0. The van der Waals surface area contributed by atoms with Crippen LogP contribution in [-0.4, -0.2) is 29.5 Å². The summed E-state index contributed by atoms with van der Waals surface area (Å²) in [7, 11) is -0.120. The molecule has 0 spiro atoms. The summed E-state index contributed by atoms with van der Waals surface area (Å²) in [4.78, 5) is 0. The van der Waals surface area contributed by atoms with Gasteiger partial charge in [0.05, 0.1) is 0 Å². The van der Waals surface area contributed by atoms with Crippen molar-refractivity contribution in [2.24, 2.45) is 0 Å². The van der Waals surface area contributed by atoms with Crippen LogP contribution < -0.4 is 14.7 Å². The highest BCUT2D eigenvalue weighted by Crippen LogP contribution is 2.20. The number of hydrogen-bond acceptors (Lipinski definition) is 5. The molecule has 0 atom stereocenters.